The van der Waals surface area contributed by atoms with E-state index in [0.717, 1.165) is 0 Å². The highest BCUT2D eigenvalue weighted by molar-refractivity contribution is 6.31. The van der Waals surface area contributed by atoms with Crippen molar-refractivity contribution in [3.63, 3.8) is 0 Å². The molecular weight excluding hydrogens is 286 g/mol. The predicted molar refractivity (Wildman–Crippen MR) is 73.0 cm³/mol. The Morgan fingerprint density at radius 1 is 1.20 bits per heavy atom. The lowest BCUT2D eigenvalue weighted by atomic mass is 10.0. The Morgan fingerprint density at radius 2 is 1.95 bits per heavy atom. The molecule has 2 rings (SSSR count). The highest BCUT2D eigenvalue weighted by Crippen LogP contribution is 2.28. The van der Waals surface area contributed by atoms with Crippen LogP contribution in [-0.4, -0.2) is 12.2 Å². The summed E-state index contributed by atoms with van der Waals surface area (Å²) in [5, 5.41) is 10.3. The van der Waals surface area contributed by atoms with Gasteiger partial charge in [0, 0.05) is 28.6 Å². The molecule has 0 bridgehead atoms. The van der Waals surface area contributed by atoms with Crippen molar-refractivity contribution in [3.8, 4) is 5.75 Å². The van der Waals surface area contributed by atoms with Crippen LogP contribution in [0.3, 0.4) is 0 Å². The molecule has 20 heavy (non-hydrogen) atoms. The zero-order valence-corrected chi connectivity index (χ0v) is 11.5. The number of methoxy groups -OCH3 is 1. The first-order valence-electron chi connectivity index (χ1n) is 5.97. The van der Waals surface area contributed by atoms with E-state index in [9.17, 15) is 13.9 Å². The van der Waals surface area contributed by atoms with Crippen molar-refractivity contribution >= 4 is 11.6 Å². The molecule has 0 saturated carbocycles. The lowest BCUT2D eigenvalue weighted by Crippen LogP contribution is -2.06. The van der Waals surface area contributed by atoms with Crippen LogP contribution >= 0.6 is 11.6 Å². The second-order valence-electron chi connectivity index (χ2n) is 4.31. The molecule has 5 heteroatoms. The molecule has 1 N–H and O–H groups in total. The fraction of sp³-hybridized carbons (Fsp3) is 0.200. The summed E-state index contributed by atoms with van der Waals surface area (Å²) in [5.74, 6) is -0.780. The van der Waals surface area contributed by atoms with Gasteiger partial charge in [-0.25, -0.2) is 8.78 Å². The van der Waals surface area contributed by atoms with Crippen molar-refractivity contribution < 1.29 is 18.6 Å². The minimum absolute atomic E-state index is 0.0742. The van der Waals surface area contributed by atoms with E-state index < -0.39 is 17.7 Å². The van der Waals surface area contributed by atoms with E-state index in [4.69, 9.17) is 16.3 Å². The van der Waals surface area contributed by atoms with Crippen LogP contribution in [-0.2, 0) is 6.42 Å². The number of hydrogen-bond donors (Lipinski definition) is 1. The number of hydrogen-bond acceptors (Lipinski definition) is 2. The van der Waals surface area contributed by atoms with Crippen LogP contribution in [0, 0.1) is 11.6 Å². The zero-order chi connectivity index (χ0) is 14.7. The first-order valence-corrected chi connectivity index (χ1v) is 6.35. The lowest BCUT2D eigenvalue weighted by Gasteiger charge is -2.14. The van der Waals surface area contributed by atoms with Gasteiger partial charge in [-0.05, 0) is 24.3 Å². The Labute approximate surface area is 120 Å². The Bertz CT molecular complexity index is 597. The summed E-state index contributed by atoms with van der Waals surface area (Å²) in [6.07, 6.45) is -1.29. The van der Waals surface area contributed by atoms with Gasteiger partial charge in [0.2, 0.25) is 0 Å². The molecule has 0 spiro atoms. The summed E-state index contributed by atoms with van der Waals surface area (Å²) >= 11 is 5.88. The van der Waals surface area contributed by atoms with Crippen LogP contribution in [0.1, 0.15) is 17.2 Å². The summed E-state index contributed by atoms with van der Waals surface area (Å²) in [6, 6.07) is 8.36. The molecule has 0 aliphatic carbocycles. The number of aliphatic hydroxyl groups is 1. The topological polar surface area (TPSA) is 29.5 Å². The SMILES string of the molecule is COc1ccc(C(O)Cc2c(F)cccc2Cl)c(F)c1. The molecule has 0 aromatic heterocycles. The highest BCUT2D eigenvalue weighted by atomic mass is 35.5. The molecule has 0 radical (unpaired) electrons. The molecule has 0 saturated heterocycles. The maximum Gasteiger partial charge on any atom is 0.132 e. The summed E-state index contributed by atoms with van der Waals surface area (Å²) in [4.78, 5) is 0. The quantitative estimate of drug-likeness (QED) is 0.927. The van der Waals surface area contributed by atoms with Crippen molar-refractivity contribution in [2.45, 2.75) is 12.5 Å². The third kappa shape index (κ3) is 3.08. The van der Waals surface area contributed by atoms with E-state index in [0.29, 0.717) is 5.75 Å². The van der Waals surface area contributed by atoms with E-state index in [-0.39, 0.29) is 22.6 Å². The van der Waals surface area contributed by atoms with Crippen molar-refractivity contribution in [1.29, 1.82) is 0 Å². The Morgan fingerprint density at radius 3 is 2.55 bits per heavy atom. The van der Waals surface area contributed by atoms with Gasteiger partial charge in [-0.15, -0.1) is 0 Å². The number of ether oxygens (including phenoxy) is 1. The van der Waals surface area contributed by atoms with Gasteiger partial charge in [0.15, 0.2) is 0 Å². The Balaban J connectivity index is 2.26. The minimum atomic E-state index is -1.18. The number of halogens is 3. The normalized spacial score (nSPS) is 12.2. The van der Waals surface area contributed by atoms with Crippen LogP contribution in [0.25, 0.3) is 0 Å². The van der Waals surface area contributed by atoms with Gasteiger partial charge >= 0.3 is 0 Å². The van der Waals surface area contributed by atoms with Crippen LogP contribution in [0.5, 0.6) is 5.75 Å². The summed E-state index contributed by atoms with van der Waals surface area (Å²) in [5.41, 5.74) is 0.238. The van der Waals surface area contributed by atoms with Crippen molar-refractivity contribution in [2.75, 3.05) is 7.11 Å². The maximum atomic E-state index is 13.8. The summed E-state index contributed by atoms with van der Waals surface area (Å²) < 4.78 is 32.3. The van der Waals surface area contributed by atoms with Crippen molar-refractivity contribution in [1.82, 2.24) is 0 Å². The van der Waals surface area contributed by atoms with Gasteiger partial charge in [0.1, 0.15) is 17.4 Å². The van der Waals surface area contributed by atoms with Gasteiger partial charge in [0.05, 0.1) is 13.2 Å². The predicted octanol–water partition coefficient (Wildman–Crippen LogP) is 3.90. The second kappa shape index (κ2) is 6.20. The van der Waals surface area contributed by atoms with Gasteiger partial charge in [-0.1, -0.05) is 17.7 Å². The van der Waals surface area contributed by atoms with Gasteiger partial charge in [-0.3, -0.25) is 0 Å². The number of aliphatic hydroxyl groups excluding tert-OH is 1. The average Bonchev–Trinajstić information content (AvgIpc) is 2.42. The van der Waals surface area contributed by atoms with Gasteiger partial charge in [-0.2, -0.15) is 0 Å². The number of benzene rings is 2. The van der Waals surface area contributed by atoms with Gasteiger partial charge in [0.25, 0.3) is 0 Å². The summed E-state index contributed by atoms with van der Waals surface area (Å²) in [6.45, 7) is 0. The largest absolute Gasteiger partial charge is 0.497 e. The molecule has 2 aromatic carbocycles. The molecule has 0 heterocycles. The smallest absolute Gasteiger partial charge is 0.132 e. The molecule has 106 valence electrons. The zero-order valence-electron chi connectivity index (χ0n) is 10.7. The lowest BCUT2D eigenvalue weighted by molar-refractivity contribution is 0.172. The third-order valence-corrected chi connectivity index (χ3v) is 3.38. The van der Waals surface area contributed by atoms with Crippen LogP contribution < -0.4 is 4.74 Å². The molecule has 0 amide bonds. The monoisotopic (exact) mass is 298 g/mol. The third-order valence-electron chi connectivity index (χ3n) is 3.03. The fourth-order valence-corrected chi connectivity index (χ4v) is 2.18. The van der Waals surface area contributed by atoms with E-state index in [1.807, 2.05) is 0 Å². The highest BCUT2D eigenvalue weighted by Gasteiger charge is 2.17. The first kappa shape index (κ1) is 14.8. The summed E-state index contributed by atoms with van der Waals surface area (Å²) in [7, 11) is 1.42. The molecule has 2 aromatic rings. The Kier molecular flexibility index (Phi) is 4.57. The molecule has 2 nitrogen and oxygen atoms in total. The minimum Gasteiger partial charge on any atom is -0.497 e. The molecule has 0 aliphatic rings. The van der Waals surface area contributed by atoms with Crippen LogP contribution in [0.2, 0.25) is 5.02 Å². The molecule has 0 aliphatic heterocycles. The Hall–Kier alpha value is -1.65. The maximum absolute atomic E-state index is 13.8. The van der Waals surface area contributed by atoms with E-state index in [2.05, 4.69) is 0 Å². The van der Waals surface area contributed by atoms with E-state index >= 15 is 0 Å². The van der Waals surface area contributed by atoms with E-state index in [1.165, 1.54) is 43.5 Å². The molecule has 1 unspecified atom stereocenters. The molecule has 1 atom stereocenters. The molecular formula is C15H13ClF2O2. The molecule has 0 fully saturated rings. The van der Waals surface area contributed by atoms with Crippen molar-refractivity contribution in [2.24, 2.45) is 0 Å². The van der Waals surface area contributed by atoms with Crippen LogP contribution in [0.15, 0.2) is 36.4 Å². The standard InChI is InChI=1S/C15H13ClF2O2/c1-20-9-5-6-10(14(18)7-9)15(19)8-11-12(16)3-2-4-13(11)17/h2-7,15,19H,8H2,1H3. The van der Waals surface area contributed by atoms with Gasteiger partial charge < -0.3 is 9.84 Å². The first-order chi connectivity index (χ1) is 9.52. The second-order valence-corrected chi connectivity index (χ2v) is 4.71. The number of rotatable bonds is 4. The van der Waals surface area contributed by atoms with Crippen LogP contribution in [0.4, 0.5) is 8.78 Å². The van der Waals surface area contributed by atoms with E-state index in [1.54, 1.807) is 0 Å². The van der Waals surface area contributed by atoms with Crippen molar-refractivity contribution in [3.05, 3.63) is 64.2 Å². The average molecular weight is 299 g/mol. The fourth-order valence-electron chi connectivity index (χ4n) is 1.94.